The summed E-state index contributed by atoms with van der Waals surface area (Å²) < 4.78 is 0. The van der Waals surface area contributed by atoms with E-state index in [0.29, 0.717) is 6.04 Å². The molecule has 3 rings (SSSR count). The fourth-order valence-corrected chi connectivity index (χ4v) is 3.40. The van der Waals surface area contributed by atoms with Gasteiger partial charge in [-0.3, -0.25) is 4.99 Å². The van der Waals surface area contributed by atoms with Crippen molar-refractivity contribution in [2.24, 2.45) is 22.7 Å². The highest BCUT2D eigenvalue weighted by molar-refractivity contribution is 14.0. The van der Waals surface area contributed by atoms with Crippen LogP contribution in [0, 0.1) is 17.8 Å². The van der Waals surface area contributed by atoms with Crippen molar-refractivity contribution < 1.29 is 0 Å². The molecule has 0 aromatic heterocycles. The lowest BCUT2D eigenvalue weighted by atomic mass is 9.85. The number of aliphatic imine (C=N–C) groups is 1. The maximum Gasteiger partial charge on any atom is 0.191 e. The maximum absolute atomic E-state index is 4.34. The molecular weight excluding hydrogens is 349 g/mol. The summed E-state index contributed by atoms with van der Waals surface area (Å²) in [5.41, 5.74) is 0. The lowest BCUT2D eigenvalue weighted by Crippen LogP contribution is -2.40. The fraction of sp³-hybridized carbons (Fsp3) is 0.933. The highest BCUT2D eigenvalue weighted by Crippen LogP contribution is 2.44. The number of nitrogens with zero attached hydrogens (tertiary/aromatic N) is 1. The molecule has 0 aromatic carbocycles. The molecule has 0 radical (unpaired) electrons. The van der Waals surface area contributed by atoms with Gasteiger partial charge in [0, 0.05) is 19.6 Å². The summed E-state index contributed by atoms with van der Waals surface area (Å²) in [6.45, 7) is 1.11. The van der Waals surface area contributed by atoms with Gasteiger partial charge < -0.3 is 10.6 Å². The third-order valence-electron chi connectivity index (χ3n) is 4.90. The van der Waals surface area contributed by atoms with Crippen molar-refractivity contribution in [2.75, 3.05) is 13.6 Å². The van der Waals surface area contributed by atoms with Gasteiger partial charge >= 0.3 is 0 Å². The van der Waals surface area contributed by atoms with Gasteiger partial charge in [-0.2, -0.15) is 0 Å². The van der Waals surface area contributed by atoms with Crippen molar-refractivity contribution in [3.05, 3.63) is 0 Å². The molecule has 0 bridgehead atoms. The zero-order chi connectivity index (χ0) is 12.4. The minimum Gasteiger partial charge on any atom is -0.356 e. The largest absolute Gasteiger partial charge is 0.356 e. The summed E-state index contributed by atoms with van der Waals surface area (Å²) in [5, 5.41) is 7.08. The second kappa shape index (κ2) is 7.14. The molecule has 3 aliphatic rings. The van der Waals surface area contributed by atoms with Gasteiger partial charge in [0.2, 0.25) is 0 Å². The third kappa shape index (κ3) is 4.50. The molecule has 2 unspecified atom stereocenters. The zero-order valence-electron chi connectivity index (χ0n) is 12.0. The van der Waals surface area contributed by atoms with Crippen molar-refractivity contribution in [2.45, 2.75) is 57.4 Å². The molecule has 2 N–H and O–H groups in total. The summed E-state index contributed by atoms with van der Waals surface area (Å²) in [4.78, 5) is 4.34. The Morgan fingerprint density at radius 1 is 1.11 bits per heavy atom. The van der Waals surface area contributed by atoms with Crippen LogP contribution >= 0.6 is 24.0 Å². The Morgan fingerprint density at radius 2 is 1.84 bits per heavy atom. The number of hydrogen-bond donors (Lipinski definition) is 2. The predicted molar refractivity (Wildman–Crippen MR) is 91.1 cm³/mol. The molecule has 110 valence electrons. The van der Waals surface area contributed by atoms with Crippen LogP contribution in [0.1, 0.15) is 51.4 Å². The lowest BCUT2D eigenvalue weighted by molar-refractivity contribution is 0.315. The Balaban J connectivity index is 0.00000133. The minimum absolute atomic E-state index is 0. The van der Waals surface area contributed by atoms with Crippen LogP contribution in [0.15, 0.2) is 4.99 Å². The Kier molecular flexibility index (Phi) is 5.78. The number of rotatable bonds is 4. The lowest BCUT2D eigenvalue weighted by Gasteiger charge is -2.22. The normalized spacial score (nSPS) is 31.5. The minimum atomic E-state index is 0. The van der Waals surface area contributed by atoms with Crippen molar-refractivity contribution in [3.8, 4) is 0 Å². The van der Waals surface area contributed by atoms with Gasteiger partial charge in [0.15, 0.2) is 5.96 Å². The van der Waals surface area contributed by atoms with Crippen LogP contribution in [-0.2, 0) is 0 Å². The van der Waals surface area contributed by atoms with E-state index in [1.807, 2.05) is 7.05 Å². The highest BCUT2D eigenvalue weighted by atomic mass is 127. The van der Waals surface area contributed by atoms with Gasteiger partial charge in [-0.15, -0.1) is 24.0 Å². The molecule has 0 saturated heterocycles. The third-order valence-corrected chi connectivity index (χ3v) is 4.90. The average Bonchev–Trinajstić information content (AvgIpc) is 3.30. The quantitative estimate of drug-likeness (QED) is 0.449. The molecule has 2 atom stereocenters. The summed E-state index contributed by atoms with van der Waals surface area (Å²) >= 11 is 0. The first-order chi connectivity index (χ1) is 8.86. The van der Waals surface area contributed by atoms with E-state index in [4.69, 9.17) is 0 Å². The van der Waals surface area contributed by atoms with Crippen LogP contribution in [0.2, 0.25) is 0 Å². The van der Waals surface area contributed by atoms with Crippen molar-refractivity contribution in [1.29, 1.82) is 0 Å². The zero-order valence-corrected chi connectivity index (χ0v) is 14.4. The van der Waals surface area contributed by atoms with Crippen LogP contribution < -0.4 is 10.6 Å². The molecule has 3 fully saturated rings. The molecule has 19 heavy (non-hydrogen) atoms. The van der Waals surface area contributed by atoms with E-state index in [0.717, 1.165) is 30.3 Å². The highest BCUT2D eigenvalue weighted by Gasteiger charge is 2.43. The number of guanidine groups is 1. The van der Waals surface area contributed by atoms with Gasteiger partial charge in [0.1, 0.15) is 0 Å². The molecule has 3 aliphatic carbocycles. The van der Waals surface area contributed by atoms with E-state index < -0.39 is 0 Å². The van der Waals surface area contributed by atoms with E-state index in [2.05, 4.69) is 15.6 Å². The van der Waals surface area contributed by atoms with Crippen LogP contribution in [-0.4, -0.2) is 25.6 Å². The molecule has 4 heteroatoms. The van der Waals surface area contributed by atoms with Gasteiger partial charge in [0.05, 0.1) is 0 Å². The maximum atomic E-state index is 4.34. The number of halogens is 1. The molecule has 3 nitrogen and oxygen atoms in total. The predicted octanol–water partition coefficient (Wildman–Crippen LogP) is 3.15. The van der Waals surface area contributed by atoms with Crippen molar-refractivity contribution >= 4 is 29.9 Å². The van der Waals surface area contributed by atoms with Gasteiger partial charge in [-0.25, -0.2) is 0 Å². The van der Waals surface area contributed by atoms with E-state index in [-0.39, 0.29) is 24.0 Å². The smallest absolute Gasteiger partial charge is 0.191 e. The van der Waals surface area contributed by atoms with Crippen molar-refractivity contribution in [3.63, 3.8) is 0 Å². The summed E-state index contributed by atoms with van der Waals surface area (Å²) in [5.74, 6) is 3.88. The van der Waals surface area contributed by atoms with Gasteiger partial charge in [-0.1, -0.05) is 32.1 Å². The molecule has 0 spiro atoms. The molecule has 3 saturated carbocycles. The standard InChI is InChI=1S/C15H27N3.HI/c1-16-15(17-10-11-7-8-11)18-14-9-13(14)12-5-3-2-4-6-12;/h11-14H,2-10H2,1H3,(H2,16,17,18);1H. The number of hydrogen-bond acceptors (Lipinski definition) is 1. The Bertz CT molecular complexity index is 309. The first-order valence-corrected chi connectivity index (χ1v) is 7.84. The topological polar surface area (TPSA) is 36.4 Å². The first-order valence-electron chi connectivity index (χ1n) is 7.84. The van der Waals surface area contributed by atoms with Crippen LogP contribution in [0.5, 0.6) is 0 Å². The Labute approximate surface area is 134 Å². The second-order valence-electron chi connectivity index (χ2n) is 6.44. The van der Waals surface area contributed by atoms with E-state index in [1.165, 1.54) is 51.4 Å². The average molecular weight is 377 g/mol. The van der Waals surface area contributed by atoms with Crippen molar-refractivity contribution in [1.82, 2.24) is 10.6 Å². The second-order valence-corrected chi connectivity index (χ2v) is 6.44. The first kappa shape index (κ1) is 15.4. The Morgan fingerprint density at radius 3 is 2.47 bits per heavy atom. The monoisotopic (exact) mass is 377 g/mol. The van der Waals surface area contributed by atoms with E-state index in [9.17, 15) is 0 Å². The molecule has 0 amide bonds. The van der Waals surface area contributed by atoms with Gasteiger partial charge in [0.25, 0.3) is 0 Å². The summed E-state index contributed by atoms with van der Waals surface area (Å²) in [7, 11) is 1.89. The number of nitrogens with one attached hydrogen (secondary N) is 2. The van der Waals surface area contributed by atoms with E-state index in [1.54, 1.807) is 0 Å². The summed E-state index contributed by atoms with van der Waals surface area (Å²) in [6, 6.07) is 0.707. The van der Waals surface area contributed by atoms with E-state index >= 15 is 0 Å². The molecule has 0 aromatic rings. The molecule has 0 heterocycles. The van der Waals surface area contributed by atoms with Crippen LogP contribution in [0.25, 0.3) is 0 Å². The fourth-order valence-electron chi connectivity index (χ4n) is 3.40. The SMILES string of the molecule is CN=C(NCC1CC1)NC1CC1C1CCCCC1.I. The van der Waals surface area contributed by atoms with Crippen LogP contribution in [0.4, 0.5) is 0 Å². The van der Waals surface area contributed by atoms with Crippen LogP contribution in [0.3, 0.4) is 0 Å². The molecular formula is C15H28IN3. The Hall–Kier alpha value is 0. The van der Waals surface area contributed by atoms with Gasteiger partial charge in [-0.05, 0) is 37.0 Å². The summed E-state index contributed by atoms with van der Waals surface area (Å²) in [6.07, 6.45) is 11.5. The molecule has 0 aliphatic heterocycles.